The molecule has 15 heavy (non-hydrogen) atoms. The summed E-state index contributed by atoms with van der Waals surface area (Å²) in [6.45, 7) is 0. The van der Waals surface area contributed by atoms with Gasteiger partial charge in [0.25, 0.3) is 0 Å². The zero-order valence-corrected chi connectivity index (χ0v) is 10.3. The van der Waals surface area contributed by atoms with Crippen molar-refractivity contribution in [3.8, 4) is 0 Å². The molecule has 0 unspecified atom stereocenters. The maximum Gasteiger partial charge on any atom is 0.0395 e. The molecule has 0 amide bonds. The van der Waals surface area contributed by atoms with Crippen molar-refractivity contribution in [2.24, 2.45) is 0 Å². The van der Waals surface area contributed by atoms with Gasteiger partial charge in [0.1, 0.15) is 0 Å². The van der Waals surface area contributed by atoms with Crippen molar-refractivity contribution < 1.29 is 0 Å². The first-order chi connectivity index (χ1) is 7.34. The van der Waals surface area contributed by atoms with Gasteiger partial charge in [-0.3, -0.25) is 0 Å². The Morgan fingerprint density at radius 1 is 0.733 bits per heavy atom. The lowest BCUT2D eigenvalue weighted by Crippen LogP contribution is -1.89. The van der Waals surface area contributed by atoms with Gasteiger partial charge in [-0.05, 0) is 24.3 Å². The van der Waals surface area contributed by atoms with Crippen LogP contribution in [0.25, 0.3) is 0 Å². The Kier molecular flexibility index (Phi) is 2.47. The first-order valence-electron chi connectivity index (χ1n) is 4.61. The van der Waals surface area contributed by atoms with E-state index in [2.05, 4.69) is 49.0 Å². The van der Waals surface area contributed by atoms with Gasteiger partial charge in [0.05, 0.1) is 0 Å². The highest BCUT2D eigenvalue weighted by Crippen LogP contribution is 2.50. The number of hydrogen-bond acceptors (Lipinski definition) is 3. The Balaban J connectivity index is 2.15. The fourth-order valence-electron chi connectivity index (χ4n) is 1.53. The Morgan fingerprint density at radius 3 is 2.20 bits per heavy atom. The standard InChI is InChI=1S/C12H8S3/c13-8-4-3-7-11-12(8)15-10-6-2-1-5-9(10)14-11/h1-7,13H. The van der Waals surface area contributed by atoms with Crippen LogP contribution in [0, 0.1) is 0 Å². The van der Waals surface area contributed by atoms with Gasteiger partial charge >= 0.3 is 0 Å². The van der Waals surface area contributed by atoms with Gasteiger partial charge in [0.2, 0.25) is 0 Å². The summed E-state index contributed by atoms with van der Waals surface area (Å²) in [7, 11) is 0. The Labute approximate surface area is 103 Å². The predicted octanol–water partition coefficient (Wildman–Crippen LogP) is 4.59. The van der Waals surface area contributed by atoms with Crippen molar-refractivity contribution in [2.45, 2.75) is 24.5 Å². The second-order valence-electron chi connectivity index (χ2n) is 3.26. The highest BCUT2D eigenvalue weighted by molar-refractivity contribution is 8.05. The van der Waals surface area contributed by atoms with Gasteiger partial charge in [-0.15, -0.1) is 12.6 Å². The molecule has 1 aliphatic heterocycles. The van der Waals surface area contributed by atoms with Crippen molar-refractivity contribution >= 4 is 36.2 Å². The molecule has 0 spiro atoms. The van der Waals surface area contributed by atoms with E-state index in [1.54, 1.807) is 0 Å². The molecule has 0 nitrogen and oxygen atoms in total. The highest BCUT2D eigenvalue weighted by atomic mass is 32.2. The zero-order chi connectivity index (χ0) is 10.3. The second-order valence-corrected chi connectivity index (χ2v) is 5.87. The first kappa shape index (κ1) is 9.70. The molecule has 0 N–H and O–H groups in total. The average Bonchev–Trinajstić information content (AvgIpc) is 2.27. The summed E-state index contributed by atoms with van der Waals surface area (Å²) in [5.41, 5.74) is 0. The minimum absolute atomic E-state index is 1.07. The SMILES string of the molecule is Sc1cccc2c1Sc1ccccc1S2. The predicted molar refractivity (Wildman–Crippen MR) is 68.4 cm³/mol. The largest absolute Gasteiger partial charge is 0.142 e. The lowest BCUT2D eigenvalue weighted by atomic mass is 10.3. The van der Waals surface area contributed by atoms with Crippen molar-refractivity contribution in [2.75, 3.05) is 0 Å². The number of benzene rings is 2. The Bertz CT molecular complexity index is 520. The van der Waals surface area contributed by atoms with E-state index in [0.29, 0.717) is 0 Å². The topological polar surface area (TPSA) is 0 Å². The van der Waals surface area contributed by atoms with Crippen LogP contribution in [-0.2, 0) is 0 Å². The van der Waals surface area contributed by atoms with Crippen LogP contribution >= 0.6 is 36.2 Å². The third-order valence-electron chi connectivity index (χ3n) is 2.24. The molecule has 0 aromatic heterocycles. The summed E-state index contributed by atoms with van der Waals surface area (Å²) >= 11 is 8.13. The zero-order valence-electron chi connectivity index (χ0n) is 7.81. The van der Waals surface area contributed by atoms with Crippen molar-refractivity contribution in [3.05, 3.63) is 42.5 Å². The third-order valence-corrected chi connectivity index (χ3v) is 5.38. The van der Waals surface area contributed by atoms with Crippen LogP contribution in [0.2, 0.25) is 0 Å². The van der Waals surface area contributed by atoms with Gasteiger partial charge < -0.3 is 0 Å². The number of thiol groups is 1. The fourth-order valence-corrected chi connectivity index (χ4v) is 4.23. The number of hydrogen-bond donors (Lipinski definition) is 1. The molecule has 1 aliphatic rings. The summed E-state index contributed by atoms with van der Waals surface area (Å²) < 4.78 is 0. The van der Waals surface area contributed by atoms with E-state index in [1.165, 1.54) is 19.6 Å². The molecular weight excluding hydrogens is 240 g/mol. The van der Waals surface area contributed by atoms with E-state index in [1.807, 2.05) is 29.6 Å². The maximum atomic E-state index is 4.49. The summed E-state index contributed by atoms with van der Waals surface area (Å²) in [6, 6.07) is 14.8. The van der Waals surface area contributed by atoms with Gasteiger partial charge in [-0.1, -0.05) is 41.7 Å². The highest BCUT2D eigenvalue weighted by Gasteiger charge is 2.17. The van der Waals surface area contributed by atoms with E-state index in [-0.39, 0.29) is 0 Å². The van der Waals surface area contributed by atoms with Crippen LogP contribution in [0.1, 0.15) is 0 Å². The number of fused-ring (bicyclic) bond motifs is 2. The van der Waals surface area contributed by atoms with Crippen LogP contribution < -0.4 is 0 Å². The molecular formula is C12H8S3. The fraction of sp³-hybridized carbons (Fsp3) is 0. The van der Waals surface area contributed by atoms with Gasteiger partial charge in [0.15, 0.2) is 0 Å². The lowest BCUT2D eigenvalue weighted by molar-refractivity contribution is 1.08. The average molecular weight is 248 g/mol. The van der Waals surface area contributed by atoms with Crippen molar-refractivity contribution in [1.82, 2.24) is 0 Å². The van der Waals surface area contributed by atoms with E-state index < -0.39 is 0 Å². The molecule has 74 valence electrons. The summed E-state index contributed by atoms with van der Waals surface area (Å²) in [6.07, 6.45) is 0. The maximum absolute atomic E-state index is 4.49. The Morgan fingerprint density at radius 2 is 1.40 bits per heavy atom. The van der Waals surface area contributed by atoms with Gasteiger partial charge in [-0.2, -0.15) is 0 Å². The normalized spacial score (nSPS) is 13.1. The molecule has 0 atom stereocenters. The minimum atomic E-state index is 1.07. The first-order valence-corrected chi connectivity index (χ1v) is 6.69. The quantitative estimate of drug-likeness (QED) is 0.578. The molecule has 2 aromatic carbocycles. The molecule has 2 aromatic rings. The minimum Gasteiger partial charge on any atom is -0.142 e. The van der Waals surface area contributed by atoms with Crippen LogP contribution in [0.5, 0.6) is 0 Å². The molecule has 0 saturated carbocycles. The molecule has 0 fully saturated rings. The molecule has 0 saturated heterocycles. The third kappa shape index (κ3) is 1.69. The van der Waals surface area contributed by atoms with E-state index in [4.69, 9.17) is 0 Å². The van der Waals surface area contributed by atoms with E-state index in [9.17, 15) is 0 Å². The van der Waals surface area contributed by atoms with Crippen LogP contribution in [0.4, 0.5) is 0 Å². The Hall–Kier alpha value is -0.510. The molecule has 3 rings (SSSR count). The number of rotatable bonds is 0. The van der Waals surface area contributed by atoms with Crippen LogP contribution in [0.3, 0.4) is 0 Å². The van der Waals surface area contributed by atoms with Gasteiger partial charge in [0, 0.05) is 24.5 Å². The van der Waals surface area contributed by atoms with E-state index >= 15 is 0 Å². The molecule has 1 heterocycles. The van der Waals surface area contributed by atoms with Crippen LogP contribution in [-0.4, -0.2) is 0 Å². The van der Waals surface area contributed by atoms with Crippen LogP contribution in [0.15, 0.2) is 66.9 Å². The second kappa shape index (κ2) is 3.81. The summed E-state index contributed by atoms with van der Waals surface area (Å²) in [5.74, 6) is 0. The van der Waals surface area contributed by atoms with Crippen molar-refractivity contribution in [1.29, 1.82) is 0 Å². The van der Waals surface area contributed by atoms with Crippen molar-refractivity contribution in [3.63, 3.8) is 0 Å². The van der Waals surface area contributed by atoms with Gasteiger partial charge in [-0.25, -0.2) is 0 Å². The monoisotopic (exact) mass is 248 g/mol. The smallest absolute Gasteiger partial charge is 0.0395 e. The molecule has 0 radical (unpaired) electrons. The van der Waals surface area contributed by atoms with E-state index in [0.717, 1.165) is 4.90 Å². The molecule has 0 aliphatic carbocycles. The molecule has 3 heteroatoms. The molecule has 0 bridgehead atoms. The summed E-state index contributed by atoms with van der Waals surface area (Å²) in [4.78, 5) is 6.33. The lowest BCUT2D eigenvalue weighted by Gasteiger charge is -2.18. The summed E-state index contributed by atoms with van der Waals surface area (Å²) in [5, 5.41) is 0.